The van der Waals surface area contributed by atoms with Crippen LogP contribution in [0.25, 0.3) is 0 Å². The fourth-order valence-electron chi connectivity index (χ4n) is 6.20. The third-order valence-electron chi connectivity index (χ3n) is 8.56. The lowest BCUT2D eigenvalue weighted by Crippen LogP contribution is -2.61. The Morgan fingerprint density at radius 2 is 1.76 bits per heavy atom. The summed E-state index contributed by atoms with van der Waals surface area (Å²) in [5, 5.41) is 7.01. The van der Waals surface area contributed by atoms with Crippen LogP contribution in [0.3, 0.4) is 0 Å². The molecule has 1 aromatic heterocycles. The summed E-state index contributed by atoms with van der Waals surface area (Å²) in [6.45, 7) is 5.65. The minimum atomic E-state index is -0.513. The Hall–Kier alpha value is -3.81. The highest BCUT2D eigenvalue weighted by atomic mass is 16.6. The highest BCUT2D eigenvalue weighted by molar-refractivity contribution is 5.87. The van der Waals surface area contributed by atoms with Crippen LogP contribution in [0.5, 0.6) is 0 Å². The molecule has 8 nitrogen and oxygen atoms in total. The van der Waals surface area contributed by atoms with E-state index in [1.165, 1.54) is 12.8 Å². The number of ether oxygens (including phenoxy) is 2. The number of anilines is 2. The van der Waals surface area contributed by atoms with Crippen molar-refractivity contribution >= 4 is 23.4 Å². The van der Waals surface area contributed by atoms with E-state index in [1.807, 2.05) is 44.2 Å². The van der Waals surface area contributed by atoms with Gasteiger partial charge in [0.1, 0.15) is 17.5 Å². The number of esters is 1. The van der Waals surface area contributed by atoms with Gasteiger partial charge in [0.2, 0.25) is 0 Å². The Morgan fingerprint density at radius 3 is 2.39 bits per heavy atom. The van der Waals surface area contributed by atoms with E-state index in [9.17, 15) is 9.59 Å². The molecule has 1 aliphatic heterocycles. The molecule has 1 saturated heterocycles. The first-order chi connectivity index (χ1) is 18.3. The van der Waals surface area contributed by atoms with Crippen molar-refractivity contribution in [3.05, 3.63) is 77.2 Å². The van der Waals surface area contributed by atoms with Crippen LogP contribution in [0.2, 0.25) is 0 Å². The molecule has 0 radical (unpaired) electrons. The molecule has 3 aliphatic rings. The van der Waals surface area contributed by atoms with E-state index in [2.05, 4.69) is 39.6 Å². The molecule has 8 heteroatoms. The number of carbonyl (C=O) groups is 2. The van der Waals surface area contributed by atoms with Gasteiger partial charge in [-0.3, -0.25) is 10.1 Å². The van der Waals surface area contributed by atoms with E-state index in [1.54, 1.807) is 0 Å². The molecule has 2 saturated carbocycles. The summed E-state index contributed by atoms with van der Waals surface area (Å²) in [5.74, 6) is 0.819. The monoisotopic (exact) mass is 515 g/mol. The third-order valence-corrected chi connectivity index (χ3v) is 8.56. The zero-order valence-electron chi connectivity index (χ0n) is 22.0. The van der Waals surface area contributed by atoms with Crippen molar-refractivity contribution in [1.29, 1.82) is 0 Å². The molecule has 1 atom stereocenters. The first kappa shape index (κ1) is 24.5. The van der Waals surface area contributed by atoms with Crippen LogP contribution in [-0.4, -0.2) is 37.4 Å². The van der Waals surface area contributed by atoms with E-state index in [-0.39, 0.29) is 23.4 Å². The predicted molar refractivity (Wildman–Crippen MR) is 142 cm³/mol. The van der Waals surface area contributed by atoms with Crippen LogP contribution >= 0.6 is 0 Å². The van der Waals surface area contributed by atoms with Gasteiger partial charge in [-0.25, -0.2) is 4.79 Å². The molecule has 2 aliphatic carbocycles. The number of nitrogens with zero attached hydrogens (tertiary/aromatic N) is 2. The minimum absolute atomic E-state index is 0.135. The largest absolute Gasteiger partial charge is 0.468 e. The normalized spacial score (nSPS) is 19.7. The van der Waals surface area contributed by atoms with Gasteiger partial charge in [-0.05, 0) is 62.8 Å². The van der Waals surface area contributed by atoms with Gasteiger partial charge in [0.15, 0.2) is 5.76 Å². The lowest BCUT2D eigenvalue weighted by atomic mass is 9.57. The smallest absolute Gasteiger partial charge is 0.412 e. The van der Waals surface area contributed by atoms with Crippen LogP contribution < -0.4 is 10.2 Å². The Kier molecular flexibility index (Phi) is 5.93. The van der Waals surface area contributed by atoms with Crippen molar-refractivity contribution in [2.75, 3.05) is 30.4 Å². The number of hydrogen-bond donors (Lipinski definition) is 1. The van der Waals surface area contributed by atoms with Gasteiger partial charge in [0.05, 0.1) is 12.5 Å². The van der Waals surface area contributed by atoms with Gasteiger partial charge in [-0.1, -0.05) is 47.6 Å². The molecule has 198 valence electrons. The summed E-state index contributed by atoms with van der Waals surface area (Å²) in [5.41, 5.74) is 4.26. The molecule has 3 fully saturated rings. The molecule has 1 amide bonds. The van der Waals surface area contributed by atoms with E-state index in [0.29, 0.717) is 11.4 Å². The Balaban J connectivity index is 1.04. The van der Waals surface area contributed by atoms with Crippen LogP contribution in [0.1, 0.15) is 67.2 Å². The summed E-state index contributed by atoms with van der Waals surface area (Å²) in [4.78, 5) is 27.2. The summed E-state index contributed by atoms with van der Waals surface area (Å²) in [6, 6.07) is 18.0. The second-order valence-corrected chi connectivity index (χ2v) is 11.2. The fourth-order valence-corrected chi connectivity index (χ4v) is 6.20. The van der Waals surface area contributed by atoms with Gasteiger partial charge in [-0.2, -0.15) is 0 Å². The van der Waals surface area contributed by atoms with E-state index >= 15 is 0 Å². The highest BCUT2D eigenvalue weighted by Gasteiger charge is 2.55. The number of benzene rings is 2. The molecule has 3 aromatic rings. The van der Waals surface area contributed by atoms with Crippen molar-refractivity contribution in [3.63, 3.8) is 0 Å². The van der Waals surface area contributed by atoms with Crippen molar-refractivity contribution in [2.45, 2.75) is 57.0 Å². The molecular weight excluding hydrogens is 482 g/mol. The van der Waals surface area contributed by atoms with E-state index in [0.717, 1.165) is 55.7 Å². The second-order valence-electron chi connectivity index (χ2n) is 11.2. The average Bonchev–Trinajstić information content (AvgIpc) is 3.63. The number of carbonyl (C=O) groups excluding carboxylic acids is 2. The zero-order valence-corrected chi connectivity index (χ0v) is 22.0. The molecule has 0 unspecified atom stereocenters. The maximum absolute atomic E-state index is 12.6. The van der Waals surface area contributed by atoms with Gasteiger partial charge >= 0.3 is 12.1 Å². The summed E-state index contributed by atoms with van der Waals surface area (Å²) >= 11 is 0. The molecule has 1 spiro atoms. The lowest BCUT2D eigenvalue weighted by molar-refractivity contribution is -0.143. The van der Waals surface area contributed by atoms with Gasteiger partial charge in [-0.15, -0.1) is 0 Å². The second kappa shape index (κ2) is 9.19. The number of methoxy groups -OCH3 is 1. The maximum Gasteiger partial charge on any atom is 0.412 e. The SMILES string of the molecule is COC(=O)C1(c2ccc(N3CC4(CC(c5onc(C)c5NC(=O)O[C@H](C)c5ccccc5)C4)C3)cc2)CC1. The molecule has 38 heavy (non-hydrogen) atoms. The minimum Gasteiger partial charge on any atom is -0.468 e. The molecule has 2 aromatic carbocycles. The van der Waals surface area contributed by atoms with Crippen LogP contribution in [0.4, 0.5) is 16.2 Å². The van der Waals surface area contributed by atoms with Crippen LogP contribution in [0.15, 0.2) is 59.1 Å². The number of rotatable bonds is 7. The quantitative estimate of drug-likeness (QED) is 0.393. The molecular formula is C30H33N3O5. The molecule has 2 heterocycles. The van der Waals surface area contributed by atoms with Gasteiger partial charge in [0, 0.05) is 30.1 Å². The number of amides is 1. The molecule has 1 N–H and O–H groups in total. The van der Waals surface area contributed by atoms with Crippen molar-refractivity contribution in [3.8, 4) is 0 Å². The highest BCUT2D eigenvalue weighted by Crippen LogP contribution is 2.58. The number of aromatic nitrogens is 1. The first-order valence-electron chi connectivity index (χ1n) is 13.3. The van der Waals surface area contributed by atoms with Crippen molar-refractivity contribution in [2.24, 2.45) is 5.41 Å². The number of aryl methyl sites for hydroxylation is 1. The topological polar surface area (TPSA) is 93.9 Å². The molecule has 6 rings (SSSR count). The first-order valence-corrected chi connectivity index (χ1v) is 13.3. The van der Waals surface area contributed by atoms with Gasteiger partial charge in [0.25, 0.3) is 0 Å². The fraction of sp³-hybridized carbons (Fsp3) is 0.433. The van der Waals surface area contributed by atoms with E-state index in [4.69, 9.17) is 14.0 Å². The Bertz CT molecular complexity index is 1330. The Morgan fingerprint density at radius 1 is 1.08 bits per heavy atom. The molecule has 0 bridgehead atoms. The summed E-state index contributed by atoms with van der Waals surface area (Å²) < 4.78 is 16.3. The standard InChI is InChI=1S/C30H33N3O5/c1-19-25(31-28(35)37-20(2)21-7-5-4-6-8-21)26(38-32-19)22-15-29(16-22)17-33(18-29)24-11-9-23(10-12-24)30(13-14-30)27(34)36-3/h4-12,20,22H,13-18H2,1-3H3,(H,31,35)/t20-/m1/s1. The number of nitrogens with one attached hydrogen (secondary N) is 1. The Labute approximate surface area is 222 Å². The lowest BCUT2D eigenvalue weighted by Gasteiger charge is -2.59. The van der Waals surface area contributed by atoms with Crippen molar-refractivity contribution in [1.82, 2.24) is 5.16 Å². The average molecular weight is 516 g/mol. The summed E-state index contributed by atoms with van der Waals surface area (Å²) in [7, 11) is 1.46. The van der Waals surface area contributed by atoms with Gasteiger partial charge < -0.3 is 18.9 Å². The van der Waals surface area contributed by atoms with Crippen molar-refractivity contribution < 1.29 is 23.6 Å². The summed E-state index contributed by atoms with van der Waals surface area (Å²) in [6.07, 6.45) is 2.82. The third kappa shape index (κ3) is 4.22. The number of hydrogen-bond acceptors (Lipinski definition) is 7. The maximum atomic E-state index is 12.6. The predicted octanol–water partition coefficient (Wildman–Crippen LogP) is 5.88. The zero-order chi connectivity index (χ0) is 26.5. The van der Waals surface area contributed by atoms with E-state index < -0.39 is 11.5 Å². The van der Waals surface area contributed by atoms with Crippen LogP contribution in [-0.2, 0) is 19.7 Å². The van der Waals surface area contributed by atoms with Crippen LogP contribution in [0, 0.1) is 12.3 Å².